The summed E-state index contributed by atoms with van der Waals surface area (Å²) < 4.78 is 11.1. The molecule has 0 saturated carbocycles. The minimum absolute atomic E-state index is 0.336. The Hall–Kier alpha value is -2.66. The Morgan fingerprint density at radius 2 is 1.87 bits per heavy atom. The van der Waals surface area contributed by atoms with Crippen molar-refractivity contribution in [3.63, 3.8) is 0 Å². The van der Waals surface area contributed by atoms with Gasteiger partial charge in [0.1, 0.15) is 10.8 Å². The molecule has 0 spiro atoms. The molecule has 0 aliphatic heterocycles. The molecule has 0 N–H and O–H groups in total. The quantitative estimate of drug-likeness (QED) is 0.337. The molecule has 1 aliphatic rings. The molecule has 0 unspecified atom stereocenters. The van der Waals surface area contributed by atoms with Crippen molar-refractivity contribution in [3.05, 3.63) is 70.2 Å². The normalized spacial score (nSPS) is 13.0. The van der Waals surface area contributed by atoms with Crippen molar-refractivity contribution in [2.24, 2.45) is 0 Å². The van der Waals surface area contributed by atoms with Crippen molar-refractivity contribution in [3.8, 4) is 16.3 Å². The van der Waals surface area contributed by atoms with E-state index >= 15 is 0 Å². The molecule has 0 saturated heterocycles. The van der Waals surface area contributed by atoms with Crippen LogP contribution in [0.15, 0.2) is 48.5 Å². The monoisotopic (exact) mass is 421 g/mol. The first kappa shape index (κ1) is 20.6. The number of nitrogens with zero attached hydrogens (tertiary/aromatic N) is 1. The summed E-state index contributed by atoms with van der Waals surface area (Å²) in [6.07, 6.45) is 6.36. The highest BCUT2D eigenvalue weighted by molar-refractivity contribution is 7.15. The molecule has 5 heteroatoms. The van der Waals surface area contributed by atoms with E-state index in [1.165, 1.54) is 24.0 Å². The second-order valence-electron chi connectivity index (χ2n) is 7.47. The number of ether oxygens (including phenoxy) is 2. The molecular weight excluding hydrogens is 394 g/mol. The zero-order valence-electron chi connectivity index (χ0n) is 17.4. The van der Waals surface area contributed by atoms with Crippen LogP contribution in [0.2, 0.25) is 0 Å². The van der Waals surface area contributed by atoms with Gasteiger partial charge >= 0.3 is 5.97 Å². The van der Waals surface area contributed by atoms with Crippen LogP contribution >= 0.6 is 11.3 Å². The lowest BCUT2D eigenvalue weighted by atomic mass is 9.90. The molecule has 4 nitrogen and oxygen atoms in total. The molecular formula is C25H27NO3S. The van der Waals surface area contributed by atoms with Crippen LogP contribution in [0.5, 0.6) is 5.75 Å². The van der Waals surface area contributed by atoms with E-state index in [1.54, 1.807) is 11.3 Å². The fraction of sp³-hybridized carbons (Fsp3) is 0.360. The number of fused-ring (bicyclic) bond motifs is 1. The van der Waals surface area contributed by atoms with Crippen LogP contribution < -0.4 is 4.74 Å². The van der Waals surface area contributed by atoms with E-state index in [2.05, 4.69) is 23.2 Å². The van der Waals surface area contributed by atoms with Crippen molar-refractivity contribution >= 4 is 17.3 Å². The minimum Gasteiger partial charge on any atom is -0.494 e. The lowest BCUT2D eigenvalue weighted by Gasteiger charge is -2.15. The van der Waals surface area contributed by atoms with Crippen molar-refractivity contribution in [1.29, 1.82) is 0 Å². The van der Waals surface area contributed by atoms with E-state index in [-0.39, 0.29) is 5.97 Å². The topological polar surface area (TPSA) is 48.4 Å². The summed E-state index contributed by atoms with van der Waals surface area (Å²) in [6, 6.07) is 16.4. The summed E-state index contributed by atoms with van der Waals surface area (Å²) in [5, 5.41) is 0.894. The molecule has 3 aromatic rings. The Balaban J connectivity index is 1.50. The fourth-order valence-corrected chi connectivity index (χ4v) is 4.90. The van der Waals surface area contributed by atoms with Gasteiger partial charge in [-0.2, -0.15) is 0 Å². The maximum Gasteiger partial charge on any atom is 0.358 e. The summed E-state index contributed by atoms with van der Waals surface area (Å²) in [4.78, 5) is 18.1. The number of hydrogen-bond acceptors (Lipinski definition) is 5. The van der Waals surface area contributed by atoms with Gasteiger partial charge in [-0.1, -0.05) is 30.3 Å². The molecule has 0 amide bonds. The van der Waals surface area contributed by atoms with Gasteiger partial charge in [0.15, 0.2) is 5.69 Å². The van der Waals surface area contributed by atoms with E-state index in [9.17, 15) is 4.79 Å². The number of thiazole rings is 1. The van der Waals surface area contributed by atoms with Crippen LogP contribution in [-0.2, 0) is 24.0 Å². The average Bonchev–Trinajstić information content (AvgIpc) is 3.22. The van der Waals surface area contributed by atoms with Crippen molar-refractivity contribution in [1.82, 2.24) is 4.98 Å². The number of rotatable bonds is 8. The van der Waals surface area contributed by atoms with Gasteiger partial charge in [0.2, 0.25) is 0 Å². The highest BCUT2D eigenvalue weighted by Gasteiger charge is 2.21. The number of benzene rings is 2. The van der Waals surface area contributed by atoms with E-state index in [0.29, 0.717) is 18.9 Å². The summed E-state index contributed by atoms with van der Waals surface area (Å²) in [7, 11) is 0. The Morgan fingerprint density at radius 1 is 1.07 bits per heavy atom. The third kappa shape index (κ3) is 4.90. The molecule has 0 fully saturated rings. The zero-order chi connectivity index (χ0) is 20.8. The van der Waals surface area contributed by atoms with Gasteiger partial charge in [-0.25, -0.2) is 9.78 Å². The molecule has 0 radical (unpaired) electrons. The van der Waals surface area contributed by atoms with Crippen LogP contribution in [0.4, 0.5) is 0 Å². The first-order chi connectivity index (χ1) is 14.7. The maximum atomic E-state index is 12.5. The molecule has 30 heavy (non-hydrogen) atoms. The van der Waals surface area contributed by atoms with Gasteiger partial charge < -0.3 is 9.47 Å². The SMILES string of the molecule is CCOC(=O)c1nc(-c2ccc3c(c2)CCCC3)sc1CCCOc1ccccc1. The van der Waals surface area contributed by atoms with Gasteiger partial charge in [0.05, 0.1) is 13.2 Å². The van der Waals surface area contributed by atoms with Crippen LogP contribution in [0.25, 0.3) is 10.6 Å². The first-order valence-electron chi connectivity index (χ1n) is 10.7. The number of hydrogen-bond donors (Lipinski definition) is 0. The molecule has 1 aliphatic carbocycles. The zero-order valence-corrected chi connectivity index (χ0v) is 18.2. The molecule has 1 heterocycles. The standard InChI is InChI=1S/C25H27NO3S/c1-2-28-25(27)23-22(13-8-16-29-21-11-4-3-5-12-21)30-24(26-23)20-15-14-18-9-6-7-10-19(18)17-20/h3-5,11-12,14-15,17H,2,6-10,13,16H2,1H3. The van der Waals surface area contributed by atoms with Gasteiger partial charge in [-0.15, -0.1) is 11.3 Å². The second-order valence-corrected chi connectivity index (χ2v) is 8.55. The first-order valence-corrected chi connectivity index (χ1v) is 11.5. The van der Waals surface area contributed by atoms with Crippen LogP contribution in [0.1, 0.15) is 52.7 Å². The minimum atomic E-state index is -0.336. The Kier molecular flexibility index (Phi) is 6.80. The third-order valence-corrected chi connectivity index (χ3v) is 6.49. The lowest BCUT2D eigenvalue weighted by Crippen LogP contribution is -2.08. The molecule has 2 aromatic carbocycles. The van der Waals surface area contributed by atoms with Crippen LogP contribution in [-0.4, -0.2) is 24.2 Å². The second kappa shape index (κ2) is 9.90. The van der Waals surface area contributed by atoms with Crippen LogP contribution in [0.3, 0.4) is 0 Å². The number of esters is 1. The summed E-state index contributed by atoms with van der Waals surface area (Å²) in [6.45, 7) is 2.77. The summed E-state index contributed by atoms with van der Waals surface area (Å²) in [5.74, 6) is 0.527. The van der Waals surface area contributed by atoms with E-state index in [1.807, 2.05) is 37.3 Å². The highest BCUT2D eigenvalue weighted by atomic mass is 32.1. The number of aromatic nitrogens is 1. The number of para-hydroxylation sites is 1. The fourth-order valence-electron chi connectivity index (χ4n) is 3.81. The Labute approximate surface area is 181 Å². The predicted octanol–water partition coefficient (Wildman–Crippen LogP) is 5.88. The van der Waals surface area contributed by atoms with Gasteiger partial charge in [0, 0.05) is 10.4 Å². The largest absolute Gasteiger partial charge is 0.494 e. The van der Waals surface area contributed by atoms with E-state index in [0.717, 1.165) is 46.9 Å². The van der Waals surface area contributed by atoms with Crippen molar-refractivity contribution < 1.29 is 14.3 Å². The number of carbonyl (C=O) groups is 1. The summed E-state index contributed by atoms with van der Waals surface area (Å²) >= 11 is 1.60. The third-order valence-electron chi connectivity index (χ3n) is 5.32. The highest BCUT2D eigenvalue weighted by Crippen LogP contribution is 2.32. The van der Waals surface area contributed by atoms with E-state index < -0.39 is 0 Å². The van der Waals surface area contributed by atoms with Gasteiger partial charge in [0.25, 0.3) is 0 Å². The number of aryl methyl sites for hydroxylation is 3. The van der Waals surface area contributed by atoms with Crippen LogP contribution in [0, 0.1) is 0 Å². The van der Waals surface area contributed by atoms with Gasteiger partial charge in [-0.3, -0.25) is 0 Å². The predicted molar refractivity (Wildman–Crippen MR) is 120 cm³/mol. The lowest BCUT2D eigenvalue weighted by molar-refractivity contribution is 0.0519. The number of carbonyl (C=O) groups excluding carboxylic acids is 1. The Bertz CT molecular complexity index is 997. The van der Waals surface area contributed by atoms with E-state index in [4.69, 9.17) is 9.47 Å². The van der Waals surface area contributed by atoms with Gasteiger partial charge in [-0.05, 0) is 74.8 Å². The smallest absolute Gasteiger partial charge is 0.358 e. The average molecular weight is 422 g/mol. The maximum absolute atomic E-state index is 12.5. The van der Waals surface area contributed by atoms with Crippen molar-refractivity contribution in [2.45, 2.75) is 45.4 Å². The molecule has 156 valence electrons. The Morgan fingerprint density at radius 3 is 2.67 bits per heavy atom. The molecule has 4 rings (SSSR count). The molecule has 0 atom stereocenters. The molecule has 0 bridgehead atoms. The van der Waals surface area contributed by atoms with Crippen molar-refractivity contribution in [2.75, 3.05) is 13.2 Å². The molecule has 1 aromatic heterocycles. The summed E-state index contributed by atoms with van der Waals surface area (Å²) in [5.41, 5.74) is 4.42.